The Hall–Kier alpha value is -3.27. The lowest BCUT2D eigenvalue weighted by Crippen LogP contribution is -2.51. The van der Waals surface area contributed by atoms with Crippen molar-refractivity contribution >= 4 is 23.5 Å². The van der Waals surface area contributed by atoms with Gasteiger partial charge in [0.15, 0.2) is 6.04 Å². The molecule has 2 atom stereocenters. The summed E-state index contributed by atoms with van der Waals surface area (Å²) >= 11 is 0. The number of hydrogen-bond acceptors (Lipinski definition) is 8. The zero-order valence-corrected chi connectivity index (χ0v) is 14.8. The fraction of sp³-hybridized carbons (Fsp3) is 0.211. The minimum Gasteiger partial charge on any atom is -0.459 e. The second-order valence-electron chi connectivity index (χ2n) is 6.27. The summed E-state index contributed by atoms with van der Waals surface area (Å²) in [4.78, 5) is 38.4. The van der Waals surface area contributed by atoms with Crippen LogP contribution in [0.25, 0.3) is 0 Å². The third-order valence-corrected chi connectivity index (χ3v) is 4.35. The molecule has 3 rings (SSSR count). The van der Waals surface area contributed by atoms with Gasteiger partial charge in [0.25, 0.3) is 11.8 Å². The maximum Gasteiger partial charge on any atom is 0.332 e. The number of amides is 2. The number of nitrogens with zero attached hydrogens (tertiary/aromatic N) is 2. The summed E-state index contributed by atoms with van der Waals surface area (Å²) in [5.41, 5.74) is 0.979. The second-order valence-corrected chi connectivity index (χ2v) is 6.27. The van der Waals surface area contributed by atoms with Gasteiger partial charge in [-0.15, -0.1) is 5.23 Å². The van der Waals surface area contributed by atoms with Crippen LogP contribution in [0.3, 0.4) is 0 Å². The van der Waals surface area contributed by atoms with E-state index in [0.717, 1.165) is 4.90 Å². The monoisotopic (exact) mass is 386 g/mol. The Morgan fingerprint density at radius 3 is 2.04 bits per heavy atom. The van der Waals surface area contributed by atoms with Crippen LogP contribution in [-0.2, 0) is 16.1 Å². The molecule has 3 N–H and O–H groups in total. The lowest BCUT2D eigenvalue weighted by atomic mass is 10.1. The van der Waals surface area contributed by atoms with Crippen LogP contribution < -0.4 is 5.23 Å². The number of imide groups is 1. The summed E-state index contributed by atoms with van der Waals surface area (Å²) in [6.45, 7) is 1.10. The molecule has 2 unspecified atom stereocenters. The van der Waals surface area contributed by atoms with Crippen molar-refractivity contribution in [3.63, 3.8) is 0 Å². The SMILES string of the molecule is CC(O)C(C(=O)OCc1ccc(N(O)O)cc1)N1C(=O)c2ccccc2C1=O. The Bertz CT molecular complexity index is 874. The molecule has 1 heterocycles. The molecule has 2 aromatic rings. The largest absolute Gasteiger partial charge is 0.459 e. The number of aliphatic hydroxyl groups is 1. The van der Waals surface area contributed by atoms with Crippen molar-refractivity contribution in [1.82, 2.24) is 4.90 Å². The Balaban J connectivity index is 1.75. The predicted octanol–water partition coefficient (Wildman–Crippen LogP) is 1.36. The van der Waals surface area contributed by atoms with Crippen molar-refractivity contribution in [3.05, 3.63) is 65.2 Å². The van der Waals surface area contributed by atoms with Gasteiger partial charge in [0.05, 0.1) is 22.9 Å². The van der Waals surface area contributed by atoms with Crippen molar-refractivity contribution < 1.29 is 34.6 Å². The van der Waals surface area contributed by atoms with E-state index in [1.165, 1.54) is 43.3 Å². The Morgan fingerprint density at radius 1 is 1.04 bits per heavy atom. The number of aliphatic hydroxyl groups excluding tert-OH is 1. The van der Waals surface area contributed by atoms with E-state index in [2.05, 4.69) is 0 Å². The third kappa shape index (κ3) is 3.58. The highest BCUT2D eigenvalue weighted by atomic mass is 16.8. The van der Waals surface area contributed by atoms with Crippen molar-refractivity contribution in [2.45, 2.75) is 25.7 Å². The lowest BCUT2D eigenvalue weighted by molar-refractivity contribution is -0.153. The van der Waals surface area contributed by atoms with Gasteiger partial charge in [0.2, 0.25) is 0 Å². The number of carbonyl (C=O) groups excluding carboxylic acids is 3. The average Bonchev–Trinajstić information content (AvgIpc) is 2.92. The molecule has 0 saturated carbocycles. The number of fused-ring (bicyclic) bond motifs is 1. The van der Waals surface area contributed by atoms with Crippen molar-refractivity contribution in [2.75, 3.05) is 5.23 Å². The number of esters is 1. The van der Waals surface area contributed by atoms with Crippen LogP contribution in [0.5, 0.6) is 0 Å². The summed E-state index contributed by atoms with van der Waals surface area (Å²) in [5.74, 6) is -2.27. The van der Waals surface area contributed by atoms with Crippen LogP contribution in [-0.4, -0.2) is 50.4 Å². The van der Waals surface area contributed by atoms with Gasteiger partial charge < -0.3 is 9.84 Å². The third-order valence-electron chi connectivity index (χ3n) is 4.35. The summed E-state index contributed by atoms with van der Waals surface area (Å²) in [6, 6.07) is 10.5. The standard InChI is InChI=1S/C19H18N2O7/c1-11(22)16(20-17(23)14-4-2-3-5-15(14)18(20)24)19(25)28-10-12-6-8-13(9-7-12)21(26)27/h2-9,11,16,22,26-27H,10H2,1H3. The fourth-order valence-corrected chi connectivity index (χ4v) is 2.94. The topological polar surface area (TPSA) is 128 Å². The number of hydrogen-bond donors (Lipinski definition) is 3. The highest BCUT2D eigenvalue weighted by Gasteiger charge is 2.45. The maximum absolute atomic E-state index is 12.6. The van der Waals surface area contributed by atoms with Crippen LogP contribution in [0, 0.1) is 0 Å². The average molecular weight is 386 g/mol. The van der Waals surface area contributed by atoms with Gasteiger partial charge in [-0.25, -0.2) is 4.79 Å². The number of carbonyl (C=O) groups is 3. The van der Waals surface area contributed by atoms with Crippen molar-refractivity contribution in [2.24, 2.45) is 0 Å². The molecule has 9 nitrogen and oxygen atoms in total. The maximum atomic E-state index is 12.6. The van der Waals surface area contributed by atoms with E-state index in [-0.39, 0.29) is 28.6 Å². The van der Waals surface area contributed by atoms with E-state index in [4.69, 9.17) is 15.2 Å². The highest BCUT2D eigenvalue weighted by Crippen LogP contribution is 2.26. The smallest absolute Gasteiger partial charge is 0.332 e. The van der Waals surface area contributed by atoms with Crippen LogP contribution >= 0.6 is 0 Å². The van der Waals surface area contributed by atoms with E-state index in [9.17, 15) is 19.5 Å². The quantitative estimate of drug-likeness (QED) is 0.386. The van der Waals surface area contributed by atoms with E-state index >= 15 is 0 Å². The van der Waals surface area contributed by atoms with E-state index in [1.54, 1.807) is 12.1 Å². The fourth-order valence-electron chi connectivity index (χ4n) is 2.94. The minimum absolute atomic E-state index is 0.0540. The number of benzene rings is 2. The number of anilines is 1. The van der Waals surface area contributed by atoms with Crippen LogP contribution in [0.2, 0.25) is 0 Å². The Morgan fingerprint density at radius 2 is 1.57 bits per heavy atom. The zero-order chi connectivity index (χ0) is 20.4. The molecule has 28 heavy (non-hydrogen) atoms. The molecule has 0 radical (unpaired) electrons. The molecule has 2 amide bonds. The molecule has 0 saturated heterocycles. The van der Waals surface area contributed by atoms with Crippen LogP contribution in [0.4, 0.5) is 5.69 Å². The molecule has 0 aromatic heterocycles. The first-order valence-electron chi connectivity index (χ1n) is 8.39. The molecule has 1 aliphatic heterocycles. The Labute approximate surface area is 159 Å². The summed E-state index contributed by atoms with van der Waals surface area (Å²) in [6.07, 6.45) is -1.34. The number of rotatable bonds is 6. The van der Waals surface area contributed by atoms with E-state index in [1.807, 2.05) is 0 Å². The predicted molar refractivity (Wildman–Crippen MR) is 94.7 cm³/mol. The lowest BCUT2D eigenvalue weighted by Gasteiger charge is -2.26. The molecule has 146 valence electrons. The zero-order valence-electron chi connectivity index (χ0n) is 14.8. The van der Waals surface area contributed by atoms with Crippen LogP contribution in [0.1, 0.15) is 33.2 Å². The van der Waals surface area contributed by atoms with Gasteiger partial charge in [0.1, 0.15) is 6.61 Å². The molecule has 9 heteroatoms. The number of ether oxygens (including phenoxy) is 1. The normalized spacial score (nSPS) is 15.2. The molecule has 2 aromatic carbocycles. The van der Waals surface area contributed by atoms with Gasteiger partial charge in [-0.1, -0.05) is 24.3 Å². The molecule has 1 aliphatic rings. The van der Waals surface area contributed by atoms with Gasteiger partial charge in [-0.05, 0) is 36.8 Å². The molecular formula is C19H18N2O7. The minimum atomic E-state index is -1.49. The van der Waals surface area contributed by atoms with Crippen molar-refractivity contribution in [3.8, 4) is 0 Å². The summed E-state index contributed by atoms with van der Waals surface area (Å²) in [5, 5.41) is 27.8. The Kier molecular flexibility index (Phi) is 5.41. The van der Waals surface area contributed by atoms with Crippen molar-refractivity contribution in [1.29, 1.82) is 0 Å². The summed E-state index contributed by atoms with van der Waals surface area (Å²) in [7, 11) is 0. The van der Waals surface area contributed by atoms with Gasteiger partial charge in [-0.2, -0.15) is 0 Å². The summed E-state index contributed by atoms with van der Waals surface area (Å²) < 4.78 is 5.18. The van der Waals surface area contributed by atoms with E-state index < -0.39 is 29.9 Å². The van der Waals surface area contributed by atoms with Gasteiger partial charge >= 0.3 is 5.97 Å². The molecular weight excluding hydrogens is 368 g/mol. The van der Waals surface area contributed by atoms with Crippen LogP contribution in [0.15, 0.2) is 48.5 Å². The highest BCUT2D eigenvalue weighted by molar-refractivity contribution is 6.22. The first kappa shape index (κ1) is 19.5. The molecule has 0 spiro atoms. The van der Waals surface area contributed by atoms with Gasteiger partial charge in [0, 0.05) is 0 Å². The van der Waals surface area contributed by atoms with Gasteiger partial charge in [-0.3, -0.25) is 24.9 Å². The molecule has 0 bridgehead atoms. The van der Waals surface area contributed by atoms with E-state index in [0.29, 0.717) is 5.56 Å². The second kappa shape index (κ2) is 7.77. The molecule has 0 fully saturated rings. The first-order valence-corrected chi connectivity index (χ1v) is 8.39. The first-order chi connectivity index (χ1) is 13.3. The molecule has 0 aliphatic carbocycles.